The predicted octanol–water partition coefficient (Wildman–Crippen LogP) is 2.37. The number of rotatable bonds is 4. The number of nitrogens with zero attached hydrogens (tertiary/aromatic N) is 2. The number of thiophene rings is 1. The topological polar surface area (TPSA) is 48.7 Å². The highest BCUT2D eigenvalue weighted by atomic mass is 32.1. The summed E-state index contributed by atoms with van der Waals surface area (Å²) in [5.74, 6) is 0. The summed E-state index contributed by atoms with van der Waals surface area (Å²) in [6, 6.07) is 5.98. The molecular weight excluding hydrogens is 226 g/mol. The molecule has 2 heterocycles. The Morgan fingerprint density at radius 2 is 2.20 bits per heavy atom. The summed E-state index contributed by atoms with van der Waals surface area (Å²) in [5, 5.41) is 12.0. The number of hydrogen-bond acceptors (Lipinski definition) is 5. The molecule has 0 radical (unpaired) electrons. The molecule has 0 fully saturated rings. The van der Waals surface area contributed by atoms with E-state index in [4.69, 9.17) is 5.26 Å². The minimum absolute atomic E-state index is 0.768. The number of thiazole rings is 1. The Balaban J connectivity index is 1.81. The minimum Gasteiger partial charge on any atom is -0.307 e. The fourth-order valence-corrected chi connectivity index (χ4v) is 2.51. The largest absolute Gasteiger partial charge is 0.307 e. The van der Waals surface area contributed by atoms with Crippen LogP contribution in [0.4, 0.5) is 0 Å². The van der Waals surface area contributed by atoms with E-state index in [9.17, 15) is 0 Å². The van der Waals surface area contributed by atoms with Crippen molar-refractivity contribution < 1.29 is 0 Å². The van der Waals surface area contributed by atoms with E-state index < -0.39 is 0 Å². The Bertz CT molecular complexity index is 453. The van der Waals surface area contributed by atoms with Gasteiger partial charge in [0.1, 0.15) is 10.9 Å². The first-order valence-electron chi connectivity index (χ1n) is 4.45. The Morgan fingerprint density at radius 1 is 1.33 bits per heavy atom. The molecule has 0 aromatic carbocycles. The molecule has 2 aromatic heterocycles. The van der Waals surface area contributed by atoms with Crippen LogP contribution in [0.25, 0.3) is 0 Å². The van der Waals surface area contributed by atoms with Gasteiger partial charge < -0.3 is 5.32 Å². The summed E-state index contributed by atoms with van der Waals surface area (Å²) in [6.07, 6.45) is 1.87. The summed E-state index contributed by atoms with van der Waals surface area (Å²) >= 11 is 3.18. The van der Waals surface area contributed by atoms with Crippen molar-refractivity contribution in [2.24, 2.45) is 0 Å². The molecule has 0 aliphatic rings. The SMILES string of the molecule is N#Cc1ccc(CNCc2cncs2)s1. The molecule has 76 valence electrons. The number of hydrogen-bond donors (Lipinski definition) is 1. The first-order valence-corrected chi connectivity index (χ1v) is 6.15. The van der Waals surface area contributed by atoms with Gasteiger partial charge in [-0.2, -0.15) is 5.26 Å². The first-order chi connectivity index (χ1) is 7.38. The molecule has 15 heavy (non-hydrogen) atoms. The van der Waals surface area contributed by atoms with Gasteiger partial charge in [-0.15, -0.1) is 22.7 Å². The van der Waals surface area contributed by atoms with Crippen molar-refractivity contribution in [1.82, 2.24) is 10.3 Å². The molecule has 2 aromatic rings. The van der Waals surface area contributed by atoms with Gasteiger partial charge in [0.15, 0.2) is 0 Å². The lowest BCUT2D eigenvalue weighted by Gasteiger charge is -1.98. The standard InChI is InChI=1S/C10H9N3S2/c11-3-8-1-2-9(15-8)4-12-5-10-6-13-7-14-10/h1-2,6-7,12H,4-5H2. The first kappa shape index (κ1) is 10.3. The molecule has 0 atom stereocenters. The maximum atomic E-state index is 8.66. The predicted molar refractivity (Wildman–Crippen MR) is 61.7 cm³/mol. The van der Waals surface area contributed by atoms with Crippen LogP contribution in [0.15, 0.2) is 23.8 Å². The molecule has 0 amide bonds. The van der Waals surface area contributed by atoms with E-state index in [1.165, 1.54) is 21.1 Å². The van der Waals surface area contributed by atoms with E-state index in [1.54, 1.807) is 11.3 Å². The summed E-state index contributed by atoms with van der Waals surface area (Å²) in [6.45, 7) is 1.65. The molecule has 0 bridgehead atoms. The zero-order valence-corrected chi connectivity index (χ0v) is 9.57. The fourth-order valence-electron chi connectivity index (χ4n) is 1.17. The second-order valence-corrected chi connectivity index (χ2v) is 5.09. The highest BCUT2D eigenvalue weighted by Crippen LogP contribution is 2.15. The van der Waals surface area contributed by atoms with Gasteiger partial charge in [-0.1, -0.05) is 0 Å². The van der Waals surface area contributed by atoms with Gasteiger partial charge in [-0.05, 0) is 12.1 Å². The average molecular weight is 235 g/mol. The molecule has 0 saturated heterocycles. The third kappa shape index (κ3) is 2.86. The summed E-state index contributed by atoms with van der Waals surface area (Å²) in [5.41, 5.74) is 1.83. The van der Waals surface area contributed by atoms with Crippen molar-refractivity contribution in [3.8, 4) is 6.07 Å². The molecule has 2 rings (SSSR count). The Hall–Kier alpha value is -1.22. The van der Waals surface area contributed by atoms with Crippen molar-refractivity contribution in [2.45, 2.75) is 13.1 Å². The van der Waals surface area contributed by atoms with Crippen LogP contribution in [0.3, 0.4) is 0 Å². The monoisotopic (exact) mass is 235 g/mol. The summed E-state index contributed by atoms with van der Waals surface area (Å²) < 4.78 is 0. The molecular formula is C10H9N3S2. The number of nitrogens with one attached hydrogen (secondary N) is 1. The van der Waals surface area contributed by atoms with Crippen LogP contribution in [0.1, 0.15) is 14.6 Å². The van der Waals surface area contributed by atoms with Crippen LogP contribution in [0.2, 0.25) is 0 Å². The van der Waals surface area contributed by atoms with Crippen LogP contribution in [-0.2, 0) is 13.1 Å². The van der Waals surface area contributed by atoms with Gasteiger partial charge in [0.25, 0.3) is 0 Å². The lowest BCUT2D eigenvalue weighted by Crippen LogP contribution is -2.10. The maximum absolute atomic E-state index is 8.66. The van der Waals surface area contributed by atoms with Gasteiger partial charge >= 0.3 is 0 Å². The Kier molecular flexibility index (Phi) is 3.45. The van der Waals surface area contributed by atoms with E-state index in [0.29, 0.717) is 0 Å². The minimum atomic E-state index is 0.768. The van der Waals surface area contributed by atoms with E-state index in [0.717, 1.165) is 18.0 Å². The van der Waals surface area contributed by atoms with Gasteiger partial charge in [0.2, 0.25) is 0 Å². The van der Waals surface area contributed by atoms with Crippen molar-refractivity contribution >= 4 is 22.7 Å². The Morgan fingerprint density at radius 3 is 2.87 bits per heavy atom. The van der Waals surface area contributed by atoms with Crippen molar-refractivity contribution in [3.05, 3.63) is 38.5 Å². The quantitative estimate of drug-likeness (QED) is 0.885. The van der Waals surface area contributed by atoms with E-state index in [1.807, 2.05) is 23.8 Å². The van der Waals surface area contributed by atoms with Crippen LogP contribution < -0.4 is 5.32 Å². The highest BCUT2D eigenvalue weighted by Gasteiger charge is 1.99. The smallest absolute Gasteiger partial charge is 0.110 e. The molecule has 3 nitrogen and oxygen atoms in total. The molecule has 0 aliphatic heterocycles. The zero-order valence-electron chi connectivity index (χ0n) is 7.93. The Labute approximate surface area is 96.0 Å². The van der Waals surface area contributed by atoms with E-state index >= 15 is 0 Å². The van der Waals surface area contributed by atoms with E-state index in [2.05, 4.69) is 16.4 Å². The third-order valence-corrected chi connectivity index (χ3v) is 3.62. The van der Waals surface area contributed by atoms with Gasteiger partial charge in [-0.25, -0.2) is 0 Å². The fraction of sp³-hybridized carbons (Fsp3) is 0.200. The second-order valence-electron chi connectivity index (χ2n) is 2.95. The normalized spacial score (nSPS) is 10.1. The average Bonchev–Trinajstić information content (AvgIpc) is 2.88. The lowest BCUT2D eigenvalue weighted by atomic mass is 10.4. The molecule has 0 unspecified atom stereocenters. The summed E-state index contributed by atoms with van der Waals surface area (Å²) in [7, 11) is 0. The van der Waals surface area contributed by atoms with Crippen LogP contribution in [-0.4, -0.2) is 4.98 Å². The molecule has 5 heteroatoms. The number of aromatic nitrogens is 1. The molecule has 0 aliphatic carbocycles. The second kappa shape index (κ2) is 5.03. The summed E-state index contributed by atoms with van der Waals surface area (Å²) in [4.78, 5) is 7.19. The molecule has 0 saturated carbocycles. The van der Waals surface area contributed by atoms with Gasteiger partial charge in [-0.3, -0.25) is 4.98 Å². The van der Waals surface area contributed by atoms with Gasteiger partial charge in [0.05, 0.1) is 5.51 Å². The zero-order chi connectivity index (χ0) is 10.5. The van der Waals surface area contributed by atoms with Crippen molar-refractivity contribution in [1.29, 1.82) is 5.26 Å². The molecule has 1 N–H and O–H groups in total. The number of nitriles is 1. The van der Waals surface area contributed by atoms with Crippen LogP contribution in [0, 0.1) is 11.3 Å². The van der Waals surface area contributed by atoms with Crippen molar-refractivity contribution in [2.75, 3.05) is 0 Å². The van der Waals surface area contributed by atoms with Crippen LogP contribution in [0.5, 0.6) is 0 Å². The van der Waals surface area contributed by atoms with E-state index in [-0.39, 0.29) is 0 Å². The molecule has 0 spiro atoms. The lowest BCUT2D eigenvalue weighted by molar-refractivity contribution is 0.708. The van der Waals surface area contributed by atoms with Crippen LogP contribution >= 0.6 is 22.7 Å². The highest BCUT2D eigenvalue weighted by molar-refractivity contribution is 7.12. The third-order valence-electron chi connectivity index (χ3n) is 1.85. The van der Waals surface area contributed by atoms with Gasteiger partial charge in [0, 0.05) is 29.0 Å². The maximum Gasteiger partial charge on any atom is 0.110 e. The van der Waals surface area contributed by atoms with Crippen molar-refractivity contribution in [3.63, 3.8) is 0 Å².